The van der Waals surface area contributed by atoms with Crippen LogP contribution in [0.5, 0.6) is 5.75 Å². The van der Waals surface area contributed by atoms with Crippen LogP contribution in [-0.4, -0.2) is 66.3 Å². The molecule has 0 spiro atoms. The van der Waals surface area contributed by atoms with E-state index >= 15 is 0 Å². The molecule has 1 aliphatic rings. The van der Waals surface area contributed by atoms with Crippen LogP contribution in [0, 0.1) is 6.92 Å². The van der Waals surface area contributed by atoms with E-state index in [9.17, 15) is 0 Å². The van der Waals surface area contributed by atoms with E-state index in [0.29, 0.717) is 6.54 Å². The first-order valence-electron chi connectivity index (χ1n) is 10.0. The molecule has 1 saturated heterocycles. The topological polar surface area (TPSA) is 66.1 Å². The van der Waals surface area contributed by atoms with Crippen LogP contribution in [0.1, 0.15) is 25.1 Å². The maximum absolute atomic E-state index is 6.06. The summed E-state index contributed by atoms with van der Waals surface area (Å²) in [6, 6.07) is 10.0. The minimum atomic E-state index is 0. The lowest BCUT2D eigenvalue weighted by Crippen LogP contribution is -2.52. The lowest BCUT2D eigenvalue weighted by Gasteiger charge is -2.36. The average Bonchev–Trinajstić information content (AvgIpc) is 3.21. The fourth-order valence-electron chi connectivity index (χ4n) is 3.25. The van der Waals surface area contributed by atoms with Gasteiger partial charge in [-0.05, 0) is 32.4 Å². The second-order valence-corrected chi connectivity index (χ2v) is 7.14. The van der Waals surface area contributed by atoms with Crippen molar-refractivity contribution in [2.45, 2.75) is 33.4 Å². The van der Waals surface area contributed by atoms with Crippen molar-refractivity contribution in [2.75, 3.05) is 39.3 Å². The van der Waals surface area contributed by atoms with Crippen molar-refractivity contribution >= 4 is 29.9 Å². The first-order chi connectivity index (χ1) is 13.7. The first kappa shape index (κ1) is 23.5. The Morgan fingerprint density at radius 3 is 2.66 bits per heavy atom. The molecule has 0 bridgehead atoms. The first-order valence-corrected chi connectivity index (χ1v) is 10.0. The van der Waals surface area contributed by atoms with Crippen molar-refractivity contribution in [3.8, 4) is 5.75 Å². The van der Waals surface area contributed by atoms with Gasteiger partial charge in [0.05, 0.1) is 12.2 Å². The minimum absolute atomic E-state index is 0. The summed E-state index contributed by atoms with van der Waals surface area (Å²) in [6.07, 6.45) is 1.64. The van der Waals surface area contributed by atoms with E-state index in [4.69, 9.17) is 14.3 Å². The molecule has 2 aromatic rings. The molecule has 1 N–H and O–H groups in total. The quantitative estimate of drug-likeness (QED) is 0.349. The van der Waals surface area contributed by atoms with Gasteiger partial charge in [0.15, 0.2) is 5.96 Å². The highest BCUT2D eigenvalue weighted by molar-refractivity contribution is 14.0. The molecule has 2 heterocycles. The van der Waals surface area contributed by atoms with Gasteiger partial charge in [0, 0.05) is 45.3 Å². The Kier molecular flexibility index (Phi) is 9.72. The molecule has 3 rings (SSSR count). The van der Waals surface area contributed by atoms with Gasteiger partial charge in [0.25, 0.3) is 0 Å². The molecule has 0 saturated carbocycles. The molecular formula is C21H32IN5O2. The molecule has 1 atom stereocenters. The van der Waals surface area contributed by atoms with E-state index in [1.807, 2.05) is 24.3 Å². The lowest BCUT2D eigenvalue weighted by molar-refractivity contribution is 0.168. The Balaban J connectivity index is 0.00000300. The third-order valence-corrected chi connectivity index (χ3v) is 4.80. The zero-order valence-corrected chi connectivity index (χ0v) is 19.8. The van der Waals surface area contributed by atoms with Gasteiger partial charge in [-0.15, -0.1) is 24.0 Å². The fourth-order valence-corrected chi connectivity index (χ4v) is 3.25. The Bertz CT molecular complexity index is 745. The molecule has 8 heteroatoms. The molecule has 7 nitrogen and oxygen atoms in total. The van der Waals surface area contributed by atoms with Gasteiger partial charge < -0.3 is 19.5 Å². The number of benzene rings is 1. The number of aliphatic imine (C=N–C) groups is 1. The SMILES string of the molecule is CCNC(=NCC(C)Oc1ccccc1C)N1CCN(Cc2ccon2)CC1.I. The number of aryl methyl sites for hydroxylation is 1. The summed E-state index contributed by atoms with van der Waals surface area (Å²) in [4.78, 5) is 9.54. The van der Waals surface area contributed by atoms with Crippen molar-refractivity contribution in [1.29, 1.82) is 0 Å². The smallest absolute Gasteiger partial charge is 0.194 e. The highest BCUT2D eigenvalue weighted by Gasteiger charge is 2.20. The highest BCUT2D eigenvalue weighted by atomic mass is 127. The van der Waals surface area contributed by atoms with Crippen molar-refractivity contribution in [3.05, 3.63) is 47.9 Å². The number of ether oxygens (including phenoxy) is 1. The Hall–Kier alpha value is -1.81. The maximum Gasteiger partial charge on any atom is 0.194 e. The molecule has 1 aliphatic heterocycles. The molecule has 0 radical (unpaired) electrons. The van der Waals surface area contributed by atoms with Gasteiger partial charge >= 0.3 is 0 Å². The molecule has 1 aromatic heterocycles. The van der Waals surface area contributed by atoms with E-state index in [2.05, 4.69) is 47.1 Å². The summed E-state index contributed by atoms with van der Waals surface area (Å²) in [5.74, 6) is 1.89. The van der Waals surface area contributed by atoms with Gasteiger partial charge in [-0.3, -0.25) is 4.90 Å². The maximum atomic E-state index is 6.06. The summed E-state index contributed by atoms with van der Waals surface area (Å²) in [5, 5.41) is 7.42. The van der Waals surface area contributed by atoms with E-state index in [1.165, 1.54) is 0 Å². The Morgan fingerprint density at radius 2 is 2.00 bits per heavy atom. The largest absolute Gasteiger partial charge is 0.489 e. The Morgan fingerprint density at radius 1 is 1.24 bits per heavy atom. The van der Waals surface area contributed by atoms with Gasteiger partial charge in [0.1, 0.15) is 18.1 Å². The zero-order valence-electron chi connectivity index (χ0n) is 17.5. The summed E-state index contributed by atoms with van der Waals surface area (Å²) in [6.45, 7) is 12.4. The van der Waals surface area contributed by atoms with E-state index in [-0.39, 0.29) is 30.1 Å². The summed E-state index contributed by atoms with van der Waals surface area (Å²) >= 11 is 0. The number of piperazine rings is 1. The van der Waals surface area contributed by atoms with Crippen LogP contribution >= 0.6 is 24.0 Å². The van der Waals surface area contributed by atoms with Crippen molar-refractivity contribution in [3.63, 3.8) is 0 Å². The third-order valence-electron chi connectivity index (χ3n) is 4.80. The van der Waals surface area contributed by atoms with Crippen LogP contribution in [-0.2, 0) is 6.54 Å². The number of hydrogen-bond donors (Lipinski definition) is 1. The minimum Gasteiger partial charge on any atom is -0.489 e. The molecule has 0 amide bonds. The molecule has 0 aliphatic carbocycles. The second-order valence-electron chi connectivity index (χ2n) is 7.14. The highest BCUT2D eigenvalue weighted by Crippen LogP contribution is 2.18. The third kappa shape index (κ3) is 7.18. The average molecular weight is 513 g/mol. The number of halogens is 1. The summed E-state index contributed by atoms with van der Waals surface area (Å²) in [7, 11) is 0. The number of guanidine groups is 1. The van der Waals surface area contributed by atoms with Crippen LogP contribution < -0.4 is 10.1 Å². The van der Waals surface area contributed by atoms with Crippen LogP contribution in [0.25, 0.3) is 0 Å². The molecule has 1 aromatic carbocycles. The lowest BCUT2D eigenvalue weighted by atomic mass is 10.2. The summed E-state index contributed by atoms with van der Waals surface area (Å²) < 4.78 is 11.0. The fraction of sp³-hybridized carbons (Fsp3) is 0.524. The zero-order chi connectivity index (χ0) is 19.8. The number of nitrogens with zero attached hydrogens (tertiary/aromatic N) is 4. The van der Waals surface area contributed by atoms with Gasteiger partial charge in [0.2, 0.25) is 0 Å². The summed E-state index contributed by atoms with van der Waals surface area (Å²) in [5.41, 5.74) is 2.13. The van der Waals surface area contributed by atoms with Crippen LogP contribution in [0.4, 0.5) is 0 Å². The predicted octanol–water partition coefficient (Wildman–Crippen LogP) is 3.15. The Labute approximate surface area is 190 Å². The van der Waals surface area contributed by atoms with E-state index < -0.39 is 0 Å². The molecule has 160 valence electrons. The number of rotatable bonds is 7. The van der Waals surface area contributed by atoms with Crippen molar-refractivity contribution < 1.29 is 9.26 Å². The number of para-hydroxylation sites is 1. The standard InChI is InChI=1S/C21H31N5O2.HI/c1-4-22-21(23-15-18(3)28-20-8-6-5-7-17(20)2)26-12-10-25(11-13-26)16-19-9-14-27-24-19;/h5-9,14,18H,4,10-13,15-16H2,1-3H3,(H,22,23);1H. The molecule has 1 fully saturated rings. The number of nitrogens with one attached hydrogen (secondary N) is 1. The normalized spacial score (nSPS) is 16.2. The van der Waals surface area contributed by atoms with E-state index in [1.54, 1.807) is 6.26 Å². The van der Waals surface area contributed by atoms with Gasteiger partial charge in [-0.2, -0.15) is 0 Å². The van der Waals surface area contributed by atoms with Gasteiger partial charge in [-0.25, -0.2) is 4.99 Å². The molecule has 29 heavy (non-hydrogen) atoms. The number of hydrogen-bond acceptors (Lipinski definition) is 5. The molecular weight excluding hydrogens is 481 g/mol. The van der Waals surface area contributed by atoms with Crippen molar-refractivity contribution in [2.24, 2.45) is 4.99 Å². The molecule has 1 unspecified atom stereocenters. The van der Waals surface area contributed by atoms with Crippen LogP contribution in [0.15, 0.2) is 46.1 Å². The monoisotopic (exact) mass is 513 g/mol. The van der Waals surface area contributed by atoms with Crippen LogP contribution in [0.2, 0.25) is 0 Å². The van der Waals surface area contributed by atoms with E-state index in [0.717, 1.165) is 62.2 Å². The predicted molar refractivity (Wildman–Crippen MR) is 126 cm³/mol. The van der Waals surface area contributed by atoms with Crippen LogP contribution in [0.3, 0.4) is 0 Å². The van der Waals surface area contributed by atoms with Gasteiger partial charge in [-0.1, -0.05) is 23.4 Å². The second kappa shape index (κ2) is 12.0. The van der Waals surface area contributed by atoms with Crippen molar-refractivity contribution in [1.82, 2.24) is 20.3 Å². The number of aromatic nitrogens is 1.